The van der Waals surface area contributed by atoms with Crippen molar-refractivity contribution in [2.24, 2.45) is 12.5 Å². The van der Waals surface area contributed by atoms with Crippen LogP contribution in [0.4, 0.5) is 0 Å². The van der Waals surface area contributed by atoms with Gasteiger partial charge in [0.05, 0.1) is 15.9 Å². The van der Waals surface area contributed by atoms with Gasteiger partial charge in [-0.15, -0.1) is 0 Å². The molecule has 1 aliphatic heterocycles. The van der Waals surface area contributed by atoms with Gasteiger partial charge in [-0.2, -0.15) is 5.10 Å². The molecular formula is C16H29BrN4. The molecule has 1 aromatic rings. The minimum atomic E-state index is 0.280. The lowest BCUT2D eigenvalue weighted by molar-refractivity contribution is 0.154. The van der Waals surface area contributed by atoms with Gasteiger partial charge in [0.15, 0.2) is 0 Å². The number of rotatable bonds is 2. The Bertz CT molecular complexity index is 489. The molecule has 0 amide bonds. The maximum absolute atomic E-state index is 4.52. The van der Waals surface area contributed by atoms with Gasteiger partial charge in [0.25, 0.3) is 0 Å². The molecule has 0 spiro atoms. The van der Waals surface area contributed by atoms with E-state index in [0.717, 1.165) is 29.8 Å². The monoisotopic (exact) mass is 356 g/mol. The molecule has 0 aliphatic carbocycles. The summed E-state index contributed by atoms with van der Waals surface area (Å²) in [5, 5.41) is 8.25. The third-order valence-corrected chi connectivity index (χ3v) is 5.68. The number of halogens is 1. The Morgan fingerprint density at radius 3 is 2.57 bits per heavy atom. The summed E-state index contributed by atoms with van der Waals surface area (Å²) >= 11 is 3.70. The first-order valence-electron chi connectivity index (χ1n) is 7.85. The summed E-state index contributed by atoms with van der Waals surface area (Å²) in [5.41, 5.74) is 2.62. The maximum Gasteiger partial charge on any atom is 0.0739 e. The number of nitrogens with one attached hydrogen (secondary N) is 1. The first-order valence-corrected chi connectivity index (χ1v) is 8.65. The molecule has 0 radical (unpaired) electrons. The van der Waals surface area contributed by atoms with Crippen LogP contribution in [0.15, 0.2) is 4.47 Å². The summed E-state index contributed by atoms with van der Waals surface area (Å²) in [5.74, 6) is 0. The Hall–Kier alpha value is -0.390. The van der Waals surface area contributed by atoms with E-state index in [2.05, 4.69) is 65.9 Å². The second-order valence-electron chi connectivity index (χ2n) is 7.41. The molecule has 1 aliphatic rings. The molecule has 2 rings (SSSR count). The minimum absolute atomic E-state index is 0.280. The molecule has 1 aromatic heterocycles. The van der Waals surface area contributed by atoms with Crippen molar-refractivity contribution in [1.82, 2.24) is 20.0 Å². The van der Waals surface area contributed by atoms with Crippen molar-refractivity contribution < 1.29 is 0 Å². The lowest BCUT2D eigenvalue weighted by Gasteiger charge is -2.35. The number of nitrogens with zero attached hydrogens (tertiary/aromatic N) is 3. The number of aromatic nitrogens is 2. The largest absolute Gasteiger partial charge is 0.312 e. The molecule has 5 heteroatoms. The SMILES string of the molecule is Cc1nn(C)c(CN2CC(C(C)(C)C)NCCC2C)c1Br. The van der Waals surface area contributed by atoms with Crippen LogP contribution in [0, 0.1) is 12.3 Å². The fourth-order valence-corrected chi connectivity index (χ4v) is 3.43. The van der Waals surface area contributed by atoms with Crippen LogP contribution in [0.5, 0.6) is 0 Å². The molecule has 0 bridgehead atoms. The molecule has 2 unspecified atom stereocenters. The van der Waals surface area contributed by atoms with Crippen molar-refractivity contribution in [2.75, 3.05) is 13.1 Å². The van der Waals surface area contributed by atoms with Crippen LogP contribution in [0.3, 0.4) is 0 Å². The number of aryl methyl sites for hydroxylation is 2. The van der Waals surface area contributed by atoms with Gasteiger partial charge < -0.3 is 5.32 Å². The highest BCUT2D eigenvalue weighted by atomic mass is 79.9. The van der Waals surface area contributed by atoms with Crippen LogP contribution < -0.4 is 5.32 Å². The molecule has 1 fully saturated rings. The molecule has 1 saturated heterocycles. The lowest BCUT2D eigenvalue weighted by Crippen LogP contribution is -2.47. The average molecular weight is 357 g/mol. The highest BCUT2D eigenvalue weighted by Gasteiger charge is 2.31. The molecule has 1 N–H and O–H groups in total. The van der Waals surface area contributed by atoms with Crippen molar-refractivity contribution in [3.8, 4) is 0 Å². The van der Waals surface area contributed by atoms with Gasteiger partial charge in [-0.3, -0.25) is 9.58 Å². The molecule has 2 heterocycles. The maximum atomic E-state index is 4.52. The molecule has 2 atom stereocenters. The molecule has 120 valence electrons. The standard InChI is InChI=1S/C16H29BrN4/c1-11-7-8-18-14(16(3,4)5)10-21(11)9-13-15(17)12(2)19-20(13)6/h11,14,18H,7-10H2,1-6H3. The second-order valence-corrected chi connectivity index (χ2v) is 8.20. The molecule has 0 saturated carbocycles. The van der Waals surface area contributed by atoms with Crippen LogP contribution in [0.2, 0.25) is 0 Å². The van der Waals surface area contributed by atoms with E-state index in [1.165, 1.54) is 12.1 Å². The molecular weight excluding hydrogens is 328 g/mol. The van der Waals surface area contributed by atoms with Gasteiger partial charge in [-0.25, -0.2) is 0 Å². The van der Waals surface area contributed by atoms with Crippen molar-refractivity contribution in [1.29, 1.82) is 0 Å². The summed E-state index contributed by atoms with van der Waals surface area (Å²) in [6.07, 6.45) is 1.20. The van der Waals surface area contributed by atoms with E-state index in [0.29, 0.717) is 12.1 Å². The minimum Gasteiger partial charge on any atom is -0.312 e. The predicted molar refractivity (Wildman–Crippen MR) is 91.4 cm³/mol. The topological polar surface area (TPSA) is 33.1 Å². The van der Waals surface area contributed by atoms with Gasteiger partial charge in [0, 0.05) is 32.2 Å². The van der Waals surface area contributed by atoms with Crippen LogP contribution in [0.25, 0.3) is 0 Å². The van der Waals surface area contributed by atoms with Gasteiger partial charge in [0.2, 0.25) is 0 Å². The Morgan fingerprint density at radius 1 is 1.38 bits per heavy atom. The molecule has 0 aromatic carbocycles. The summed E-state index contributed by atoms with van der Waals surface area (Å²) in [7, 11) is 2.04. The van der Waals surface area contributed by atoms with Gasteiger partial charge in [-0.1, -0.05) is 20.8 Å². The van der Waals surface area contributed by atoms with E-state index >= 15 is 0 Å². The zero-order valence-corrected chi connectivity index (χ0v) is 15.8. The normalized spacial score (nSPS) is 25.1. The smallest absolute Gasteiger partial charge is 0.0739 e. The van der Waals surface area contributed by atoms with E-state index in [9.17, 15) is 0 Å². The Morgan fingerprint density at radius 2 is 2.05 bits per heavy atom. The highest BCUT2D eigenvalue weighted by molar-refractivity contribution is 9.10. The Balaban J connectivity index is 2.19. The van der Waals surface area contributed by atoms with Crippen molar-refractivity contribution in [2.45, 2.75) is 59.7 Å². The van der Waals surface area contributed by atoms with Crippen LogP contribution >= 0.6 is 15.9 Å². The highest BCUT2D eigenvalue weighted by Crippen LogP contribution is 2.27. The van der Waals surface area contributed by atoms with Crippen LogP contribution in [0.1, 0.15) is 45.5 Å². The van der Waals surface area contributed by atoms with E-state index in [-0.39, 0.29) is 5.41 Å². The molecule has 21 heavy (non-hydrogen) atoms. The van der Waals surface area contributed by atoms with E-state index < -0.39 is 0 Å². The zero-order chi connectivity index (χ0) is 15.8. The quantitative estimate of drug-likeness (QED) is 0.883. The van der Waals surface area contributed by atoms with Gasteiger partial charge in [0.1, 0.15) is 0 Å². The third kappa shape index (κ3) is 3.88. The summed E-state index contributed by atoms with van der Waals surface area (Å²) < 4.78 is 3.16. The van der Waals surface area contributed by atoms with Crippen LogP contribution in [-0.4, -0.2) is 39.9 Å². The molecule has 4 nitrogen and oxygen atoms in total. The first kappa shape index (κ1) is 17.0. The lowest BCUT2D eigenvalue weighted by atomic mass is 9.86. The number of hydrogen-bond acceptors (Lipinski definition) is 3. The fourth-order valence-electron chi connectivity index (χ4n) is 2.97. The fraction of sp³-hybridized carbons (Fsp3) is 0.812. The van der Waals surface area contributed by atoms with E-state index in [1.807, 2.05) is 11.7 Å². The second kappa shape index (κ2) is 6.39. The van der Waals surface area contributed by atoms with E-state index in [4.69, 9.17) is 0 Å². The summed E-state index contributed by atoms with van der Waals surface area (Å²) in [6.45, 7) is 14.5. The average Bonchev–Trinajstić information content (AvgIpc) is 2.53. The van der Waals surface area contributed by atoms with Crippen LogP contribution in [-0.2, 0) is 13.6 Å². The van der Waals surface area contributed by atoms with Gasteiger partial charge >= 0.3 is 0 Å². The van der Waals surface area contributed by atoms with Crippen molar-refractivity contribution in [3.05, 3.63) is 15.9 Å². The van der Waals surface area contributed by atoms with Crippen molar-refractivity contribution >= 4 is 15.9 Å². The first-order chi connectivity index (χ1) is 9.70. The van der Waals surface area contributed by atoms with Crippen molar-refractivity contribution in [3.63, 3.8) is 0 Å². The zero-order valence-electron chi connectivity index (χ0n) is 14.2. The van der Waals surface area contributed by atoms with E-state index in [1.54, 1.807) is 0 Å². The third-order valence-electron chi connectivity index (χ3n) is 4.65. The Kier molecular flexibility index (Phi) is 5.16. The summed E-state index contributed by atoms with van der Waals surface area (Å²) in [6, 6.07) is 1.11. The Labute approximate surface area is 137 Å². The number of hydrogen-bond donors (Lipinski definition) is 1. The predicted octanol–water partition coefficient (Wildman–Crippen LogP) is 3.09. The summed E-state index contributed by atoms with van der Waals surface area (Å²) in [4.78, 5) is 2.59. The van der Waals surface area contributed by atoms with Gasteiger partial charge in [-0.05, 0) is 48.2 Å².